The number of hydrogen-bond acceptors (Lipinski definition) is 3. The summed E-state index contributed by atoms with van der Waals surface area (Å²) in [5.41, 5.74) is 2.30. The summed E-state index contributed by atoms with van der Waals surface area (Å²) in [5, 5.41) is 9.86. The number of aliphatic imine (C=N–C) groups is 1. The molecule has 3 N–H and O–H groups in total. The number of nitrogens with one attached hydrogen (secondary N) is 3. The maximum absolute atomic E-state index is 12.1. The maximum atomic E-state index is 12.1. The summed E-state index contributed by atoms with van der Waals surface area (Å²) in [5.74, 6) is 0.525. The van der Waals surface area contributed by atoms with Crippen LogP contribution in [-0.2, 0) is 6.42 Å². The second-order valence-corrected chi connectivity index (χ2v) is 7.54. The average Bonchev–Trinajstić information content (AvgIpc) is 2.76. The maximum Gasteiger partial charge on any atom is 0.253 e. The van der Waals surface area contributed by atoms with Gasteiger partial charge in [0.25, 0.3) is 11.8 Å². The zero-order chi connectivity index (χ0) is 22.6. The van der Waals surface area contributed by atoms with Crippen LogP contribution in [0, 0.1) is 0 Å². The molecule has 2 aromatic carbocycles. The van der Waals surface area contributed by atoms with Gasteiger partial charge in [0.05, 0.1) is 0 Å². The van der Waals surface area contributed by atoms with Crippen molar-refractivity contribution in [3.8, 4) is 0 Å². The van der Waals surface area contributed by atoms with Crippen LogP contribution in [0.4, 0.5) is 0 Å². The van der Waals surface area contributed by atoms with Crippen molar-refractivity contribution in [2.45, 2.75) is 13.3 Å². The fourth-order valence-electron chi connectivity index (χ4n) is 2.82. The summed E-state index contributed by atoms with van der Waals surface area (Å²) in [6.45, 7) is 4.30. The van der Waals surface area contributed by atoms with Gasteiger partial charge in [-0.3, -0.25) is 14.6 Å². The van der Waals surface area contributed by atoms with Crippen molar-refractivity contribution in [2.24, 2.45) is 4.99 Å². The Morgan fingerprint density at radius 3 is 2.31 bits per heavy atom. The van der Waals surface area contributed by atoms with Gasteiger partial charge in [0.15, 0.2) is 5.96 Å². The Labute approximate surface area is 212 Å². The summed E-state index contributed by atoms with van der Waals surface area (Å²) >= 11 is 5.84. The minimum Gasteiger partial charge on any atom is -0.357 e. The van der Waals surface area contributed by atoms with Crippen LogP contribution in [0.1, 0.15) is 33.2 Å². The van der Waals surface area contributed by atoms with E-state index >= 15 is 0 Å². The monoisotopic (exact) mass is 571 g/mol. The fourth-order valence-corrected chi connectivity index (χ4v) is 2.94. The van der Waals surface area contributed by atoms with E-state index in [0.29, 0.717) is 41.7 Å². The van der Waals surface area contributed by atoms with Gasteiger partial charge in [-0.25, -0.2) is 0 Å². The summed E-state index contributed by atoms with van der Waals surface area (Å²) < 4.78 is 0. The highest BCUT2D eigenvalue weighted by Gasteiger charge is 2.08. The number of carbonyl (C=O) groups is 2. The van der Waals surface area contributed by atoms with Crippen LogP contribution in [0.3, 0.4) is 0 Å². The third-order valence-electron chi connectivity index (χ3n) is 4.40. The van der Waals surface area contributed by atoms with E-state index in [0.717, 1.165) is 18.5 Å². The standard InChI is InChI=1S/C23H30ClN5O2.HI/c1-4-25-23(28-15-14-26-21(30)18-8-10-20(24)11-9-18)27-13-12-17-6-5-7-19(16-17)22(31)29(2)3;/h5-11,16H,4,12-15H2,1-3H3,(H,26,30)(H2,25,27,28);1H. The number of hydrogen-bond donors (Lipinski definition) is 3. The molecule has 2 amide bonds. The highest BCUT2D eigenvalue weighted by molar-refractivity contribution is 14.0. The summed E-state index contributed by atoms with van der Waals surface area (Å²) in [6, 6.07) is 14.4. The van der Waals surface area contributed by atoms with Crippen molar-refractivity contribution < 1.29 is 9.59 Å². The molecule has 0 aliphatic heterocycles. The van der Waals surface area contributed by atoms with Gasteiger partial charge >= 0.3 is 0 Å². The second-order valence-electron chi connectivity index (χ2n) is 7.10. The second kappa shape index (κ2) is 14.7. The Balaban J connectivity index is 0.00000512. The quantitative estimate of drug-likeness (QED) is 0.187. The highest BCUT2D eigenvalue weighted by atomic mass is 127. The van der Waals surface area contributed by atoms with E-state index in [4.69, 9.17) is 11.6 Å². The van der Waals surface area contributed by atoms with E-state index in [1.54, 1.807) is 43.3 Å². The molecule has 0 fully saturated rings. The first-order valence-electron chi connectivity index (χ1n) is 10.3. The molecular formula is C23H31ClIN5O2. The van der Waals surface area contributed by atoms with E-state index in [2.05, 4.69) is 20.9 Å². The van der Waals surface area contributed by atoms with Gasteiger partial charge in [0, 0.05) is 56.4 Å². The molecule has 0 saturated carbocycles. The molecule has 9 heteroatoms. The molecule has 0 aromatic heterocycles. The van der Waals surface area contributed by atoms with Gasteiger partial charge in [0.2, 0.25) is 0 Å². The molecule has 2 aromatic rings. The zero-order valence-corrected chi connectivity index (χ0v) is 21.7. The lowest BCUT2D eigenvalue weighted by molar-refractivity contribution is 0.0827. The number of nitrogens with zero attached hydrogens (tertiary/aromatic N) is 2. The van der Waals surface area contributed by atoms with Crippen LogP contribution >= 0.6 is 35.6 Å². The molecule has 0 bridgehead atoms. The fraction of sp³-hybridized carbons (Fsp3) is 0.348. The minimum absolute atomic E-state index is 0. The van der Waals surface area contributed by atoms with Crippen LogP contribution < -0.4 is 16.0 Å². The molecule has 32 heavy (non-hydrogen) atoms. The van der Waals surface area contributed by atoms with E-state index in [9.17, 15) is 9.59 Å². The molecule has 0 atom stereocenters. The first kappa shape index (κ1) is 27.7. The summed E-state index contributed by atoms with van der Waals surface area (Å²) in [7, 11) is 3.48. The molecule has 174 valence electrons. The predicted octanol–water partition coefficient (Wildman–Crippen LogP) is 3.19. The third kappa shape index (κ3) is 9.44. The van der Waals surface area contributed by atoms with Crippen molar-refractivity contribution in [1.29, 1.82) is 0 Å². The molecule has 0 aliphatic rings. The largest absolute Gasteiger partial charge is 0.357 e. The van der Waals surface area contributed by atoms with Crippen LogP contribution in [0.15, 0.2) is 53.5 Å². The Morgan fingerprint density at radius 2 is 1.66 bits per heavy atom. The van der Waals surface area contributed by atoms with Crippen molar-refractivity contribution in [2.75, 3.05) is 40.3 Å². The van der Waals surface area contributed by atoms with E-state index in [1.165, 1.54) is 0 Å². The van der Waals surface area contributed by atoms with Crippen LogP contribution in [0.5, 0.6) is 0 Å². The van der Waals surface area contributed by atoms with Crippen LogP contribution in [0.2, 0.25) is 5.02 Å². The molecule has 0 unspecified atom stereocenters. The van der Waals surface area contributed by atoms with Gasteiger partial charge < -0.3 is 20.9 Å². The van der Waals surface area contributed by atoms with Gasteiger partial charge in [-0.2, -0.15) is 0 Å². The van der Waals surface area contributed by atoms with Crippen LogP contribution in [-0.4, -0.2) is 62.9 Å². The molecule has 7 nitrogen and oxygen atoms in total. The smallest absolute Gasteiger partial charge is 0.253 e. The molecule has 2 rings (SSSR count). The van der Waals surface area contributed by atoms with Crippen molar-refractivity contribution in [3.63, 3.8) is 0 Å². The summed E-state index contributed by atoms with van der Waals surface area (Å²) in [4.78, 5) is 30.4. The molecule has 0 heterocycles. The Bertz CT molecular complexity index is 904. The zero-order valence-electron chi connectivity index (χ0n) is 18.7. The molecular weight excluding hydrogens is 541 g/mol. The SMILES string of the molecule is CCNC(=NCCc1cccc(C(=O)N(C)C)c1)NCCNC(=O)c1ccc(Cl)cc1.I. The lowest BCUT2D eigenvalue weighted by Crippen LogP contribution is -2.41. The number of carbonyl (C=O) groups excluding carboxylic acids is 2. The normalized spacial score (nSPS) is 10.7. The first-order chi connectivity index (χ1) is 14.9. The van der Waals surface area contributed by atoms with Crippen LogP contribution in [0.25, 0.3) is 0 Å². The first-order valence-corrected chi connectivity index (χ1v) is 10.6. The van der Waals surface area contributed by atoms with Crippen molar-refractivity contribution >= 4 is 53.4 Å². The van der Waals surface area contributed by atoms with E-state index < -0.39 is 0 Å². The lowest BCUT2D eigenvalue weighted by atomic mass is 10.1. The number of rotatable bonds is 9. The Kier molecular flexibility index (Phi) is 12.7. The van der Waals surface area contributed by atoms with Gasteiger partial charge in [-0.05, 0) is 55.3 Å². The number of halogens is 2. The predicted molar refractivity (Wildman–Crippen MR) is 141 cm³/mol. The topological polar surface area (TPSA) is 85.8 Å². The Morgan fingerprint density at radius 1 is 0.969 bits per heavy atom. The number of benzene rings is 2. The molecule has 0 spiro atoms. The molecule has 0 radical (unpaired) electrons. The summed E-state index contributed by atoms with van der Waals surface area (Å²) in [6.07, 6.45) is 0.721. The van der Waals surface area contributed by atoms with Crippen molar-refractivity contribution in [1.82, 2.24) is 20.9 Å². The van der Waals surface area contributed by atoms with E-state index in [1.807, 2.05) is 31.2 Å². The van der Waals surface area contributed by atoms with E-state index in [-0.39, 0.29) is 35.8 Å². The molecule has 0 aliphatic carbocycles. The lowest BCUT2D eigenvalue weighted by Gasteiger charge is -2.12. The number of amides is 2. The molecule has 0 saturated heterocycles. The number of guanidine groups is 1. The van der Waals surface area contributed by atoms with Gasteiger partial charge in [-0.1, -0.05) is 23.7 Å². The van der Waals surface area contributed by atoms with Gasteiger partial charge in [0.1, 0.15) is 0 Å². The minimum atomic E-state index is -0.146. The average molecular weight is 572 g/mol. The van der Waals surface area contributed by atoms with Gasteiger partial charge in [-0.15, -0.1) is 24.0 Å². The Hall–Kier alpha value is -2.33. The van der Waals surface area contributed by atoms with Crippen molar-refractivity contribution in [3.05, 3.63) is 70.2 Å². The highest BCUT2D eigenvalue weighted by Crippen LogP contribution is 2.09. The third-order valence-corrected chi connectivity index (χ3v) is 4.66.